The summed E-state index contributed by atoms with van der Waals surface area (Å²) in [7, 11) is 0. The highest BCUT2D eigenvalue weighted by Crippen LogP contribution is 2.28. The second kappa shape index (κ2) is 6.40. The van der Waals surface area contributed by atoms with Gasteiger partial charge in [0.1, 0.15) is 5.75 Å². The van der Waals surface area contributed by atoms with Gasteiger partial charge in [-0.3, -0.25) is 4.79 Å². The molecule has 0 saturated carbocycles. The Kier molecular flexibility index (Phi) is 5.46. The molecule has 3 nitrogen and oxygen atoms in total. The number of hydrogen-bond acceptors (Lipinski definition) is 2. The van der Waals surface area contributed by atoms with Crippen molar-refractivity contribution >= 4 is 37.8 Å². The summed E-state index contributed by atoms with van der Waals surface area (Å²) in [5.74, 6) is 0.537. The standard InChI is InChI=1S/C12H15Br2NO2/c1-7(2)15-12(16)8(3)17-11-5-4-9(13)6-10(11)14/h4-8H,1-3H3,(H,15,16). The third-order valence-electron chi connectivity index (χ3n) is 2.00. The van der Waals surface area contributed by atoms with E-state index in [-0.39, 0.29) is 11.9 Å². The lowest BCUT2D eigenvalue weighted by Gasteiger charge is -2.17. The van der Waals surface area contributed by atoms with Crippen molar-refractivity contribution in [1.82, 2.24) is 5.32 Å². The Morgan fingerprint density at radius 2 is 1.94 bits per heavy atom. The van der Waals surface area contributed by atoms with Crippen molar-refractivity contribution in [2.75, 3.05) is 0 Å². The van der Waals surface area contributed by atoms with E-state index in [4.69, 9.17) is 4.74 Å². The topological polar surface area (TPSA) is 38.3 Å². The van der Waals surface area contributed by atoms with E-state index in [9.17, 15) is 4.79 Å². The quantitative estimate of drug-likeness (QED) is 0.887. The van der Waals surface area contributed by atoms with Gasteiger partial charge in [-0.25, -0.2) is 0 Å². The predicted octanol–water partition coefficient (Wildman–Crippen LogP) is 3.50. The second-order valence-electron chi connectivity index (χ2n) is 4.00. The largest absolute Gasteiger partial charge is 0.480 e. The molecule has 1 unspecified atom stereocenters. The van der Waals surface area contributed by atoms with E-state index in [1.54, 1.807) is 6.92 Å². The first kappa shape index (κ1) is 14.5. The summed E-state index contributed by atoms with van der Waals surface area (Å²) in [5.41, 5.74) is 0. The van der Waals surface area contributed by atoms with Gasteiger partial charge in [0.15, 0.2) is 6.10 Å². The highest BCUT2D eigenvalue weighted by molar-refractivity contribution is 9.11. The number of hydrogen-bond donors (Lipinski definition) is 1. The number of rotatable bonds is 4. The minimum Gasteiger partial charge on any atom is -0.480 e. The summed E-state index contributed by atoms with van der Waals surface area (Å²) in [6.07, 6.45) is -0.519. The minimum absolute atomic E-state index is 0.113. The third-order valence-corrected chi connectivity index (χ3v) is 3.11. The molecule has 5 heteroatoms. The number of carbonyl (C=O) groups is 1. The molecule has 0 heterocycles. The van der Waals surface area contributed by atoms with Crippen LogP contribution in [-0.2, 0) is 4.79 Å². The zero-order valence-corrected chi connectivity index (χ0v) is 13.1. The van der Waals surface area contributed by atoms with Crippen LogP contribution in [-0.4, -0.2) is 18.1 Å². The fourth-order valence-electron chi connectivity index (χ4n) is 1.22. The Labute approximate surface area is 118 Å². The normalized spacial score (nSPS) is 12.4. The average Bonchev–Trinajstić information content (AvgIpc) is 2.21. The van der Waals surface area contributed by atoms with Crippen LogP contribution in [0.25, 0.3) is 0 Å². The highest BCUT2D eigenvalue weighted by Gasteiger charge is 2.16. The lowest BCUT2D eigenvalue weighted by Crippen LogP contribution is -2.40. The van der Waals surface area contributed by atoms with Crippen LogP contribution in [0.1, 0.15) is 20.8 Å². The first-order chi connectivity index (χ1) is 7.90. The average molecular weight is 365 g/mol. The summed E-state index contributed by atoms with van der Waals surface area (Å²) >= 11 is 6.75. The van der Waals surface area contributed by atoms with Crippen LogP contribution in [0.4, 0.5) is 0 Å². The SMILES string of the molecule is CC(C)NC(=O)C(C)Oc1ccc(Br)cc1Br. The van der Waals surface area contributed by atoms with Crippen LogP contribution >= 0.6 is 31.9 Å². The van der Waals surface area contributed by atoms with E-state index in [0.29, 0.717) is 5.75 Å². The summed E-state index contributed by atoms with van der Waals surface area (Å²) in [4.78, 5) is 11.7. The molecule has 1 N–H and O–H groups in total. The van der Waals surface area contributed by atoms with Crippen LogP contribution in [0.5, 0.6) is 5.75 Å². The molecule has 94 valence electrons. The first-order valence-corrected chi connectivity index (χ1v) is 6.91. The van der Waals surface area contributed by atoms with Crippen LogP contribution in [0, 0.1) is 0 Å². The molecule has 1 atom stereocenters. The number of benzene rings is 1. The Morgan fingerprint density at radius 3 is 2.47 bits per heavy atom. The fourth-order valence-corrected chi connectivity index (χ4v) is 2.36. The van der Waals surface area contributed by atoms with E-state index in [2.05, 4.69) is 37.2 Å². The maximum absolute atomic E-state index is 11.7. The van der Waals surface area contributed by atoms with Gasteiger partial charge in [0, 0.05) is 10.5 Å². The predicted molar refractivity (Wildman–Crippen MR) is 75.2 cm³/mol. The molecule has 0 aromatic heterocycles. The molecule has 1 amide bonds. The number of ether oxygens (including phenoxy) is 1. The molecule has 0 bridgehead atoms. The Balaban J connectivity index is 2.67. The molecular formula is C12H15Br2NO2. The van der Waals surface area contributed by atoms with Gasteiger partial charge in [0.05, 0.1) is 4.47 Å². The molecule has 1 aromatic rings. The molecular weight excluding hydrogens is 350 g/mol. The van der Waals surface area contributed by atoms with E-state index < -0.39 is 6.10 Å². The first-order valence-electron chi connectivity index (χ1n) is 5.32. The van der Waals surface area contributed by atoms with Gasteiger partial charge in [0.2, 0.25) is 0 Å². The highest BCUT2D eigenvalue weighted by atomic mass is 79.9. The number of amides is 1. The van der Waals surface area contributed by atoms with Gasteiger partial charge in [0.25, 0.3) is 5.91 Å². The van der Waals surface area contributed by atoms with Gasteiger partial charge < -0.3 is 10.1 Å². The second-order valence-corrected chi connectivity index (χ2v) is 5.77. The van der Waals surface area contributed by atoms with Gasteiger partial charge in [-0.05, 0) is 54.9 Å². The zero-order valence-electron chi connectivity index (χ0n) is 9.96. The van der Waals surface area contributed by atoms with Gasteiger partial charge in [-0.15, -0.1) is 0 Å². The maximum Gasteiger partial charge on any atom is 0.260 e. The molecule has 0 fully saturated rings. The van der Waals surface area contributed by atoms with Crippen molar-refractivity contribution in [3.63, 3.8) is 0 Å². The van der Waals surface area contributed by atoms with Crippen LogP contribution in [0.15, 0.2) is 27.1 Å². The monoisotopic (exact) mass is 363 g/mol. The van der Waals surface area contributed by atoms with Gasteiger partial charge in [-0.2, -0.15) is 0 Å². The molecule has 0 saturated heterocycles. The number of nitrogens with one attached hydrogen (secondary N) is 1. The van der Waals surface area contributed by atoms with Crippen molar-refractivity contribution in [3.05, 3.63) is 27.1 Å². The Hall–Kier alpha value is -0.550. The van der Waals surface area contributed by atoms with E-state index in [1.165, 1.54) is 0 Å². The van der Waals surface area contributed by atoms with E-state index in [1.807, 2.05) is 32.0 Å². The van der Waals surface area contributed by atoms with Gasteiger partial charge >= 0.3 is 0 Å². The van der Waals surface area contributed by atoms with E-state index >= 15 is 0 Å². The summed E-state index contributed by atoms with van der Waals surface area (Å²) in [6, 6.07) is 5.67. The number of carbonyl (C=O) groups excluding carboxylic acids is 1. The lowest BCUT2D eigenvalue weighted by atomic mass is 10.3. The molecule has 0 aliphatic carbocycles. The molecule has 0 spiro atoms. The Bertz CT molecular complexity index is 407. The van der Waals surface area contributed by atoms with Crippen LogP contribution < -0.4 is 10.1 Å². The van der Waals surface area contributed by atoms with Crippen molar-refractivity contribution in [2.24, 2.45) is 0 Å². The summed E-state index contributed by atoms with van der Waals surface area (Å²) in [6.45, 7) is 5.56. The fraction of sp³-hybridized carbons (Fsp3) is 0.417. The molecule has 0 aliphatic rings. The van der Waals surface area contributed by atoms with Gasteiger partial charge in [-0.1, -0.05) is 15.9 Å². The Morgan fingerprint density at radius 1 is 1.29 bits per heavy atom. The minimum atomic E-state index is -0.519. The van der Waals surface area contributed by atoms with Crippen molar-refractivity contribution in [3.8, 4) is 5.75 Å². The lowest BCUT2D eigenvalue weighted by molar-refractivity contribution is -0.127. The summed E-state index contributed by atoms with van der Waals surface area (Å²) < 4.78 is 7.35. The molecule has 1 rings (SSSR count). The molecule has 17 heavy (non-hydrogen) atoms. The molecule has 0 aliphatic heterocycles. The smallest absolute Gasteiger partial charge is 0.260 e. The summed E-state index contributed by atoms with van der Waals surface area (Å²) in [5, 5.41) is 2.81. The molecule has 1 aromatic carbocycles. The van der Waals surface area contributed by atoms with E-state index in [0.717, 1.165) is 8.95 Å². The zero-order chi connectivity index (χ0) is 13.0. The third kappa shape index (κ3) is 4.68. The van der Waals surface area contributed by atoms with Crippen LogP contribution in [0.3, 0.4) is 0 Å². The molecule has 0 radical (unpaired) electrons. The number of halogens is 2. The van der Waals surface area contributed by atoms with Crippen LogP contribution in [0.2, 0.25) is 0 Å². The van der Waals surface area contributed by atoms with Crippen molar-refractivity contribution < 1.29 is 9.53 Å². The van der Waals surface area contributed by atoms with Crippen molar-refractivity contribution in [2.45, 2.75) is 32.9 Å². The van der Waals surface area contributed by atoms with Crippen molar-refractivity contribution in [1.29, 1.82) is 0 Å². The maximum atomic E-state index is 11.7.